The van der Waals surface area contributed by atoms with Crippen molar-refractivity contribution in [3.05, 3.63) is 53.8 Å². The van der Waals surface area contributed by atoms with E-state index in [9.17, 15) is 8.78 Å². The minimum atomic E-state index is -2.50. The number of nitrogens with one attached hydrogen (secondary N) is 2. The fourth-order valence-corrected chi connectivity index (χ4v) is 3.84. The zero-order valence-electron chi connectivity index (χ0n) is 15.1. The number of aromatic amines is 1. The number of benzene rings is 1. The number of methoxy groups -OCH3 is 1. The summed E-state index contributed by atoms with van der Waals surface area (Å²) in [5.74, 6) is 0.375. The maximum Gasteiger partial charge on any atom is 0.242 e. The summed E-state index contributed by atoms with van der Waals surface area (Å²) in [4.78, 5) is 16.4. The number of hydrogen-bond acceptors (Lipinski definition) is 6. The standard InChI is InChI=1S/C18H15ClF2N6OS/c1-28-17-10(6-14(20)21)7-24-18(25-17)26-29-13-8-23-15-11(13)2-3-12(19)16(15)27-5-4-22-9-27/h2-5,7-9,14,23H,6H2,1H3,(H,24,25,26). The summed E-state index contributed by atoms with van der Waals surface area (Å²) >= 11 is 7.67. The van der Waals surface area contributed by atoms with E-state index in [2.05, 4.69) is 24.7 Å². The van der Waals surface area contributed by atoms with Gasteiger partial charge in [0.15, 0.2) is 0 Å². The minimum Gasteiger partial charge on any atom is -0.481 e. The molecule has 0 bridgehead atoms. The molecule has 0 aliphatic heterocycles. The molecule has 3 aromatic heterocycles. The van der Waals surface area contributed by atoms with Gasteiger partial charge in [0, 0.05) is 42.2 Å². The van der Waals surface area contributed by atoms with E-state index in [-0.39, 0.29) is 17.4 Å². The molecule has 0 unspecified atom stereocenters. The molecule has 0 fully saturated rings. The van der Waals surface area contributed by atoms with Gasteiger partial charge in [-0.25, -0.2) is 18.7 Å². The lowest BCUT2D eigenvalue weighted by Gasteiger charge is -2.09. The molecule has 3 heterocycles. The average molecular weight is 437 g/mol. The molecular weight excluding hydrogens is 422 g/mol. The SMILES string of the molecule is COc1nc(NSc2c[nH]c3c(-n4ccnc4)c(Cl)ccc23)ncc1CC(F)F. The van der Waals surface area contributed by atoms with E-state index in [1.807, 2.05) is 29.1 Å². The molecule has 0 radical (unpaired) electrons. The molecule has 4 rings (SSSR count). The molecule has 4 aromatic rings. The van der Waals surface area contributed by atoms with Crippen molar-refractivity contribution in [1.29, 1.82) is 0 Å². The highest BCUT2D eigenvalue weighted by molar-refractivity contribution is 8.00. The Morgan fingerprint density at radius 2 is 2.24 bits per heavy atom. The number of hydrogen-bond donors (Lipinski definition) is 2. The van der Waals surface area contributed by atoms with Crippen LogP contribution in [0.25, 0.3) is 16.6 Å². The topological polar surface area (TPSA) is 80.6 Å². The van der Waals surface area contributed by atoms with Gasteiger partial charge >= 0.3 is 0 Å². The van der Waals surface area contributed by atoms with E-state index in [1.54, 1.807) is 12.5 Å². The Kier molecular flexibility index (Phi) is 5.54. The highest BCUT2D eigenvalue weighted by Gasteiger charge is 2.15. The molecular formula is C18H15ClF2N6OS. The molecule has 1 aromatic carbocycles. The lowest BCUT2D eigenvalue weighted by molar-refractivity contribution is 0.147. The second-order valence-electron chi connectivity index (χ2n) is 5.97. The summed E-state index contributed by atoms with van der Waals surface area (Å²) in [5, 5.41) is 1.53. The number of imidazole rings is 1. The highest BCUT2D eigenvalue weighted by atomic mass is 35.5. The summed E-state index contributed by atoms with van der Waals surface area (Å²) in [6.45, 7) is 0. The van der Waals surface area contributed by atoms with Crippen LogP contribution in [0.5, 0.6) is 5.88 Å². The third-order valence-electron chi connectivity index (χ3n) is 4.15. The molecule has 0 saturated heterocycles. The van der Waals surface area contributed by atoms with E-state index in [1.165, 1.54) is 25.3 Å². The Morgan fingerprint density at radius 3 is 2.97 bits per heavy atom. The second kappa shape index (κ2) is 8.26. The molecule has 0 amide bonds. The van der Waals surface area contributed by atoms with Crippen LogP contribution in [0, 0.1) is 0 Å². The molecule has 0 spiro atoms. The van der Waals surface area contributed by atoms with Crippen molar-refractivity contribution >= 4 is 40.4 Å². The van der Waals surface area contributed by atoms with Crippen molar-refractivity contribution in [2.75, 3.05) is 11.8 Å². The number of rotatable bonds is 7. The Morgan fingerprint density at radius 1 is 1.38 bits per heavy atom. The average Bonchev–Trinajstić information content (AvgIpc) is 3.36. The van der Waals surface area contributed by atoms with Crippen LogP contribution in [-0.2, 0) is 6.42 Å². The van der Waals surface area contributed by atoms with Crippen LogP contribution in [0.2, 0.25) is 5.02 Å². The van der Waals surface area contributed by atoms with Gasteiger partial charge in [-0.2, -0.15) is 4.98 Å². The summed E-state index contributed by atoms with van der Waals surface area (Å²) in [6, 6.07) is 3.72. The van der Waals surface area contributed by atoms with Crippen molar-refractivity contribution in [3.63, 3.8) is 0 Å². The normalized spacial score (nSPS) is 11.3. The maximum absolute atomic E-state index is 12.6. The summed E-state index contributed by atoms with van der Waals surface area (Å²) < 4.78 is 35.2. The first-order chi connectivity index (χ1) is 14.1. The zero-order chi connectivity index (χ0) is 20.4. The number of fused-ring (bicyclic) bond motifs is 1. The summed E-state index contributed by atoms with van der Waals surface area (Å²) in [7, 11) is 1.38. The van der Waals surface area contributed by atoms with Crippen LogP contribution in [0.4, 0.5) is 14.7 Å². The largest absolute Gasteiger partial charge is 0.481 e. The van der Waals surface area contributed by atoms with E-state index in [0.717, 1.165) is 21.5 Å². The van der Waals surface area contributed by atoms with Crippen LogP contribution in [0.1, 0.15) is 5.56 Å². The lowest BCUT2D eigenvalue weighted by Crippen LogP contribution is -2.04. The predicted molar refractivity (Wildman–Crippen MR) is 108 cm³/mol. The number of aromatic nitrogens is 5. The Balaban J connectivity index is 1.59. The van der Waals surface area contributed by atoms with Gasteiger partial charge in [-0.05, 0) is 18.0 Å². The van der Waals surface area contributed by atoms with Crippen LogP contribution in [0.15, 0.2) is 48.1 Å². The number of ether oxygens (including phenoxy) is 1. The van der Waals surface area contributed by atoms with Gasteiger partial charge in [0.25, 0.3) is 0 Å². The molecule has 0 atom stereocenters. The number of H-pyrrole nitrogens is 1. The number of nitrogens with zero attached hydrogens (tertiary/aromatic N) is 4. The number of halogens is 3. The molecule has 11 heteroatoms. The van der Waals surface area contributed by atoms with Crippen LogP contribution in [-0.4, -0.2) is 38.0 Å². The van der Waals surface area contributed by atoms with Crippen molar-refractivity contribution < 1.29 is 13.5 Å². The molecule has 2 N–H and O–H groups in total. The molecule has 0 aliphatic rings. The number of alkyl halides is 2. The van der Waals surface area contributed by atoms with E-state index in [0.29, 0.717) is 5.02 Å². The molecule has 0 aliphatic carbocycles. The van der Waals surface area contributed by atoms with Crippen LogP contribution >= 0.6 is 23.5 Å². The van der Waals surface area contributed by atoms with Gasteiger partial charge < -0.3 is 14.3 Å². The van der Waals surface area contributed by atoms with E-state index >= 15 is 0 Å². The first kappa shape index (κ1) is 19.5. The van der Waals surface area contributed by atoms with Gasteiger partial charge in [-0.15, -0.1) is 0 Å². The summed E-state index contributed by atoms with van der Waals surface area (Å²) in [5.41, 5.74) is 1.90. The highest BCUT2D eigenvalue weighted by Crippen LogP contribution is 2.35. The van der Waals surface area contributed by atoms with Gasteiger partial charge in [0.2, 0.25) is 18.3 Å². The maximum atomic E-state index is 12.6. The third-order valence-corrected chi connectivity index (χ3v) is 5.30. The van der Waals surface area contributed by atoms with E-state index in [4.69, 9.17) is 16.3 Å². The lowest BCUT2D eigenvalue weighted by atomic mass is 10.2. The van der Waals surface area contributed by atoms with Gasteiger partial charge in [-0.3, -0.25) is 4.72 Å². The first-order valence-electron chi connectivity index (χ1n) is 8.45. The second-order valence-corrected chi connectivity index (χ2v) is 7.22. The van der Waals surface area contributed by atoms with Crippen molar-refractivity contribution in [2.24, 2.45) is 0 Å². The van der Waals surface area contributed by atoms with Crippen molar-refractivity contribution in [3.8, 4) is 11.6 Å². The molecule has 7 nitrogen and oxygen atoms in total. The van der Waals surface area contributed by atoms with E-state index < -0.39 is 12.8 Å². The third kappa shape index (κ3) is 3.99. The Bertz CT molecular complexity index is 1140. The number of anilines is 1. The van der Waals surface area contributed by atoms with Gasteiger partial charge in [0.05, 0.1) is 34.6 Å². The monoisotopic (exact) mass is 436 g/mol. The molecule has 0 saturated carbocycles. The van der Waals surface area contributed by atoms with Crippen LogP contribution in [0.3, 0.4) is 0 Å². The minimum absolute atomic E-state index is 0.122. The molecule has 29 heavy (non-hydrogen) atoms. The Hall–Kier alpha value is -2.85. The fraction of sp³-hybridized carbons (Fsp3) is 0.167. The van der Waals surface area contributed by atoms with Gasteiger partial charge in [0.1, 0.15) is 0 Å². The fourth-order valence-electron chi connectivity index (χ4n) is 2.88. The van der Waals surface area contributed by atoms with Crippen molar-refractivity contribution in [2.45, 2.75) is 17.7 Å². The van der Waals surface area contributed by atoms with Gasteiger partial charge in [-0.1, -0.05) is 17.7 Å². The predicted octanol–water partition coefficient (Wildman–Crippen LogP) is 4.73. The Labute approximate surface area is 173 Å². The van der Waals surface area contributed by atoms with Crippen LogP contribution < -0.4 is 9.46 Å². The quantitative estimate of drug-likeness (QED) is 0.407. The molecule has 150 valence electrons. The summed E-state index contributed by atoms with van der Waals surface area (Å²) in [6.07, 6.45) is 5.38. The zero-order valence-corrected chi connectivity index (χ0v) is 16.6. The first-order valence-corrected chi connectivity index (χ1v) is 9.65. The smallest absolute Gasteiger partial charge is 0.242 e. The van der Waals surface area contributed by atoms with Crippen molar-refractivity contribution in [1.82, 2.24) is 24.5 Å².